The number of fused-ring (bicyclic) bond motifs is 1. The molecule has 5 N–H and O–H groups in total. The summed E-state index contributed by atoms with van der Waals surface area (Å²) in [5.41, 5.74) is 15.7. The highest BCUT2D eigenvalue weighted by Crippen LogP contribution is 2.39. The fourth-order valence-corrected chi connectivity index (χ4v) is 2.74. The van der Waals surface area contributed by atoms with Crippen molar-refractivity contribution in [3.05, 3.63) is 47.4 Å². The summed E-state index contributed by atoms with van der Waals surface area (Å²) in [4.78, 5) is 16.0. The largest absolute Gasteiger partial charge is 0.508 e. The van der Waals surface area contributed by atoms with Gasteiger partial charge in [0.1, 0.15) is 11.4 Å². The van der Waals surface area contributed by atoms with Gasteiger partial charge in [0.15, 0.2) is 0 Å². The molecule has 0 aliphatic heterocycles. The van der Waals surface area contributed by atoms with E-state index in [-0.39, 0.29) is 17.0 Å². The zero-order chi connectivity index (χ0) is 16.0. The number of aryl methyl sites for hydroxylation is 1. The van der Waals surface area contributed by atoms with Crippen LogP contribution in [-0.2, 0) is 0 Å². The average Bonchev–Trinajstić information content (AvgIpc) is 2.92. The van der Waals surface area contributed by atoms with E-state index in [1.54, 1.807) is 42.0 Å². The van der Waals surface area contributed by atoms with Crippen molar-refractivity contribution in [1.82, 2.24) is 9.38 Å². The fraction of sp³-hybridized carbons (Fsp3) is 0.125. The molecule has 0 atom stereocenters. The van der Waals surface area contributed by atoms with Gasteiger partial charge in [0, 0.05) is 24.2 Å². The Kier molecular flexibility index (Phi) is 3.02. The van der Waals surface area contributed by atoms with Gasteiger partial charge in [0.2, 0.25) is 0 Å². The predicted molar refractivity (Wildman–Crippen MR) is 84.7 cm³/mol. The average molecular weight is 296 g/mol. The predicted octanol–water partition coefficient (Wildman–Crippen LogP) is 2.00. The number of benzene rings is 1. The number of imidazole rings is 1. The molecule has 1 aromatic carbocycles. The number of hydrogen-bond donors (Lipinski definition) is 3. The second-order valence-corrected chi connectivity index (χ2v) is 5.26. The number of aromatic nitrogens is 2. The van der Waals surface area contributed by atoms with Crippen molar-refractivity contribution in [3.63, 3.8) is 0 Å². The van der Waals surface area contributed by atoms with Crippen molar-refractivity contribution in [2.45, 2.75) is 13.8 Å². The first-order valence-corrected chi connectivity index (χ1v) is 6.76. The van der Waals surface area contributed by atoms with Crippen molar-refractivity contribution >= 4 is 17.2 Å². The van der Waals surface area contributed by atoms with E-state index >= 15 is 0 Å². The Hall–Kier alpha value is -3.02. The number of phenols is 1. The topological polar surface area (TPSA) is 107 Å². The maximum absolute atomic E-state index is 11.7. The molecule has 0 bridgehead atoms. The van der Waals surface area contributed by atoms with E-state index in [0.29, 0.717) is 16.8 Å². The molecule has 2 heterocycles. The SMILES string of the molecule is Cc1ccc(O)c(C)c1-c1c(N)c(C(N)=O)cn2ccnc12. The lowest BCUT2D eigenvalue weighted by Crippen LogP contribution is -2.15. The van der Waals surface area contributed by atoms with Crippen LogP contribution in [0.25, 0.3) is 16.8 Å². The van der Waals surface area contributed by atoms with Crippen LogP contribution < -0.4 is 11.5 Å². The van der Waals surface area contributed by atoms with Crippen LogP contribution in [0.2, 0.25) is 0 Å². The highest BCUT2D eigenvalue weighted by Gasteiger charge is 2.20. The van der Waals surface area contributed by atoms with Crippen LogP contribution in [-0.4, -0.2) is 20.4 Å². The highest BCUT2D eigenvalue weighted by atomic mass is 16.3. The lowest BCUT2D eigenvalue weighted by Gasteiger charge is -2.16. The smallest absolute Gasteiger partial charge is 0.252 e. The Morgan fingerprint density at radius 2 is 2.00 bits per heavy atom. The van der Waals surface area contributed by atoms with Crippen LogP contribution in [0.15, 0.2) is 30.7 Å². The number of nitrogens with zero attached hydrogens (tertiary/aromatic N) is 2. The quantitative estimate of drug-likeness (QED) is 0.672. The minimum Gasteiger partial charge on any atom is -0.508 e. The van der Waals surface area contributed by atoms with Crippen LogP contribution in [0.4, 0.5) is 5.69 Å². The fourth-order valence-electron chi connectivity index (χ4n) is 2.74. The van der Waals surface area contributed by atoms with Crippen molar-refractivity contribution < 1.29 is 9.90 Å². The number of pyridine rings is 1. The van der Waals surface area contributed by atoms with Crippen LogP contribution >= 0.6 is 0 Å². The highest BCUT2D eigenvalue weighted by molar-refractivity contribution is 6.04. The summed E-state index contributed by atoms with van der Waals surface area (Å²) in [5.74, 6) is -0.445. The monoisotopic (exact) mass is 296 g/mol. The molecule has 6 nitrogen and oxygen atoms in total. The van der Waals surface area contributed by atoms with Crippen LogP contribution in [0.3, 0.4) is 0 Å². The number of rotatable bonds is 2. The number of primary amides is 1. The zero-order valence-electron chi connectivity index (χ0n) is 12.3. The van der Waals surface area contributed by atoms with Crippen molar-refractivity contribution in [2.75, 3.05) is 5.73 Å². The summed E-state index contributed by atoms with van der Waals surface area (Å²) in [5, 5.41) is 10.0. The summed E-state index contributed by atoms with van der Waals surface area (Å²) >= 11 is 0. The molecule has 112 valence electrons. The van der Waals surface area contributed by atoms with E-state index in [9.17, 15) is 9.90 Å². The minimum atomic E-state index is -0.607. The molecule has 3 aromatic rings. The summed E-state index contributed by atoms with van der Waals surface area (Å²) in [7, 11) is 0. The molecule has 0 radical (unpaired) electrons. The van der Waals surface area contributed by atoms with Gasteiger partial charge in [0.05, 0.1) is 11.3 Å². The Balaban J connectivity index is 2.50. The summed E-state index contributed by atoms with van der Waals surface area (Å²) < 4.78 is 1.70. The first-order chi connectivity index (χ1) is 10.4. The first-order valence-electron chi connectivity index (χ1n) is 6.76. The molecule has 6 heteroatoms. The Morgan fingerprint density at radius 3 is 2.68 bits per heavy atom. The Morgan fingerprint density at radius 1 is 1.27 bits per heavy atom. The molecule has 22 heavy (non-hydrogen) atoms. The maximum Gasteiger partial charge on any atom is 0.252 e. The van der Waals surface area contributed by atoms with Gasteiger partial charge in [-0.2, -0.15) is 0 Å². The van der Waals surface area contributed by atoms with Gasteiger partial charge in [-0.25, -0.2) is 4.98 Å². The normalized spacial score (nSPS) is 11.0. The number of carbonyl (C=O) groups is 1. The molecule has 0 fully saturated rings. The van der Waals surface area contributed by atoms with Crippen LogP contribution in [0.1, 0.15) is 21.5 Å². The van der Waals surface area contributed by atoms with Gasteiger partial charge in [0.25, 0.3) is 5.91 Å². The number of hydrogen-bond acceptors (Lipinski definition) is 4. The second-order valence-electron chi connectivity index (χ2n) is 5.26. The third kappa shape index (κ3) is 1.88. The number of amides is 1. The lowest BCUT2D eigenvalue weighted by molar-refractivity contribution is 0.100. The molecule has 0 saturated carbocycles. The molecule has 0 aliphatic carbocycles. The number of anilines is 1. The minimum absolute atomic E-state index is 0.161. The van der Waals surface area contributed by atoms with Gasteiger partial charge < -0.3 is 21.0 Å². The number of carbonyl (C=O) groups excluding carboxylic acids is 1. The molecule has 1 amide bonds. The number of aromatic hydroxyl groups is 1. The maximum atomic E-state index is 11.7. The van der Waals surface area contributed by atoms with Gasteiger partial charge in [-0.05, 0) is 36.6 Å². The van der Waals surface area contributed by atoms with Crippen molar-refractivity contribution in [2.24, 2.45) is 5.73 Å². The van der Waals surface area contributed by atoms with Crippen LogP contribution in [0.5, 0.6) is 5.75 Å². The number of nitrogens with two attached hydrogens (primary N) is 2. The standard InChI is InChI=1S/C16H16N4O2/c1-8-3-4-11(21)9(2)12(8)13-14(17)10(15(18)22)7-20-6-5-19-16(13)20/h3-7,21H,17H2,1-2H3,(H2,18,22). The third-order valence-corrected chi connectivity index (χ3v) is 3.88. The Labute approximate surface area is 127 Å². The van der Waals surface area contributed by atoms with Crippen LogP contribution in [0, 0.1) is 13.8 Å². The molecule has 0 unspecified atom stereocenters. The van der Waals surface area contributed by atoms with Gasteiger partial charge >= 0.3 is 0 Å². The third-order valence-electron chi connectivity index (χ3n) is 3.88. The Bertz CT molecular complexity index is 912. The van der Waals surface area contributed by atoms with Gasteiger partial charge in [-0.3, -0.25) is 4.79 Å². The molecule has 0 aliphatic rings. The van der Waals surface area contributed by atoms with E-state index in [1.165, 1.54) is 0 Å². The summed E-state index contributed by atoms with van der Waals surface area (Å²) in [6, 6.07) is 3.43. The summed E-state index contributed by atoms with van der Waals surface area (Å²) in [6.45, 7) is 3.71. The number of nitrogen functional groups attached to an aromatic ring is 1. The van der Waals surface area contributed by atoms with E-state index in [0.717, 1.165) is 11.1 Å². The van der Waals surface area contributed by atoms with E-state index in [4.69, 9.17) is 11.5 Å². The summed E-state index contributed by atoms with van der Waals surface area (Å²) in [6.07, 6.45) is 4.91. The first kappa shape index (κ1) is 13.9. The van der Waals surface area contributed by atoms with Gasteiger partial charge in [-0.1, -0.05) is 6.07 Å². The molecule has 3 rings (SSSR count). The number of phenolic OH excluding ortho intramolecular Hbond substituents is 1. The molecular formula is C16H16N4O2. The molecule has 0 saturated heterocycles. The van der Waals surface area contributed by atoms with Gasteiger partial charge in [-0.15, -0.1) is 0 Å². The molecule has 0 spiro atoms. The van der Waals surface area contributed by atoms with E-state index in [2.05, 4.69) is 4.98 Å². The second kappa shape index (κ2) is 4.77. The zero-order valence-corrected chi connectivity index (χ0v) is 12.3. The molecule has 2 aromatic heterocycles. The van der Waals surface area contributed by atoms with E-state index < -0.39 is 5.91 Å². The molecular weight excluding hydrogens is 280 g/mol. The lowest BCUT2D eigenvalue weighted by atomic mass is 9.93. The van der Waals surface area contributed by atoms with E-state index in [1.807, 2.05) is 6.92 Å². The van der Waals surface area contributed by atoms with Crippen molar-refractivity contribution in [3.8, 4) is 16.9 Å². The van der Waals surface area contributed by atoms with Crippen molar-refractivity contribution in [1.29, 1.82) is 0 Å².